The Kier molecular flexibility index (Phi) is 4.20. The van der Waals surface area contributed by atoms with Crippen molar-refractivity contribution >= 4 is 21.6 Å². The normalized spacial score (nSPS) is 17.7. The number of aromatic nitrogens is 2. The van der Waals surface area contributed by atoms with E-state index in [-0.39, 0.29) is 10.8 Å². The molecule has 22 heavy (non-hydrogen) atoms. The van der Waals surface area contributed by atoms with Crippen molar-refractivity contribution in [3.63, 3.8) is 0 Å². The molecule has 1 aliphatic heterocycles. The smallest absolute Gasteiger partial charge is 0.248 e. The molecule has 1 saturated heterocycles. The number of aryl methyl sites for hydroxylation is 1. The molecule has 0 N–H and O–H groups in total. The zero-order valence-corrected chi connectivity index (χ0v) is 13.6. The van der Waals surface area contributed by atoms with Crippen molar-refractivity contribution in [2.24, 2.45) is 0 Å². The Balaban J connectivity index is 1.72. The van der Waals surface area contributed by atoms with E-state index in [2.05, 4.69) is 10.1 Å². The molecule has 0 amide bonds. The Hall–Kier alpha value is -1.44. The first-order valence-corrected chi connectivity index (χ1v) is 8.83. The Morgan fingerprint density at radius 1 is 1.32 bits per heavy atom. The number of halogens is 1. The van der Waals surface area contributed by atoms with Crippen molar-refractivity contribution < 1.29 is 12.9 Å². The number of hydrogen-bond acceptors (Lipinski definition) is 5. The molecule has 0 bridgehead atoms. The lowest BCUT2D eigenvalue weighted by Crippen LogP contribution is -2.38. The van der Waals surface area contributed by atoms with Crippen molar-refractivity contribution in [2.75, 3.05) is 13.1 Å². The molecule has 3 rings (SSSR count). The Labute approximate surface area is 134 Å². The highest BCUT2D eigenvalue weighted by Gasteiger charge is 2.32. The predicted molar refractivity (Wildman–Crippen MR) is 81.2 cm³/mol. The number of rotatable bonds is 3. The standard InChI is InChI=1S/C14H16ClN3O3S/c1-10-14(9-21-17-10)22(19,20)18-6-4-11(5-7-18)13-3-2-12(15)8-16-13/h2-3,8-9,11H,4-7H2,1H3. The Morgan fingerprint density at radius 3 is 2.59 bits per heavy atom. The molecule has 118 valence electrons. The molecule has 0 saturated carbocycles. The molecular weight excluding hydrogens is 326 g/mol. The number of pyridine rings is 1. The van der Waals surface area contributed by atoms with Crippen molar-refractivity contribution in [2.45, 2.75) is 30.6 Å². The van der Waals surface area contributed by atoms with Crippen molar-refractivity contribution in [1.82, 2.24) is 14.4 Å². The molecule has 0 spiro atoms. The lowest BCUT2D eigenvalue weighted by atomic mass is 9.94. The largest absolute Gasteiger partial charge is 0.363 e. The highest BCUT2D eigenvalue weighted by molar-refractivity contribution is 7.89. The average Bonchev–Trinajstić information content (AvgIpc) is 2.95. The van der Waals surface area contributed by atoms with Gasteiger partial charge in [0.1, 0.15) is 16.9 Å². The summed E-state index contributed by atoms with van der Waals surface area (Å²) in [6.45, 7) is 2.55. The van der Waals surface area contributed by atoms with Crippen LogP contribution in [0.4, 0.5) is 0 Å². The van der Waals surface area contributed by atoms with Gasteiger partial charge in [0.2, 0.25) is 10.0 Å². The average molecular weight is 342 g/mol. The number of sulfonamides is 1. The second-order valence-corrected chi connectivity index (χ2v) is 7.69. The molecule has 6 nitrogen and oxygen atoms in total. The van der Waals surface area contributed by atoms with Crippen LogP contribution in [0.3, 0.4) is 0 Å². The summed E-state index contributed by atoms with van der Waals surface area (Å²) in [5.41, 5.74) is 1.35. The van der Waals surface area contributed by atoms with Gasteiger partial charge in [-0.2, -0.15) is 4.31 Å². The molecule has 3 heterocycles. The summed E-state index contributed by atoms with van der Waals surface area (Å²) in [4.78, 5) is 4.48. The minimum atomic E-state index is -3.53. The molecule has 0 radical (unpaired) electrons. The molecule has 8 heteroatoms. The first-order chi connectivity index (χ1) is 10.5. The van der Waals surface area contributed by atoms with Crippen LogP contribution >= 0.6 is 11.6 Å². The summed E-state index contributed by atoms with van der Waals surface area (Å²) in [7, 11) is -3.53. The van der Waals surface area contributed by atoms with Gasteiger partial charge < -0.3 is 4.52 Å². The molecule has 0 atom stereocenters. The van der Waals surface area contributed by atoms with E-state index in [1.165, 1.54) is 10.6 Å². The van der Waals surface area contributed by atoms with Crippen molar-refractivity contribution in [1.29, 1.82) is 0 Å². The van der Waals surface area contributed by atoms with Gasteiger partial charge in [0, 0.05) is 30.9 Å². The van der Waals surface area contributed by atoms with Crippen LogP contribution in [0.15, 0.2) is 34.0 Å². The fraction of sp³-hybridized carbons (Fsp3) is 0.429. The Morgan fingerprint density at radius 2 is 2.05 bits per heavy atom. The van der Waals surface area contributed by atoms with Crippen molar-refractivity contribution in [3.05, 3.63) is 41.0 Å². The fourth-order valence-corrected chi connectivity index (χ4v) is 4.35. The minimum Gasteiger partial charge on any atom is -0.363 e. The van der Waals surface area contributed by atoms with Gasteiger partial charge in [0.25, 0.3) is 0 Å². The highest BCUT2D eigenvalue weighted by atomic mass is 35.5. The molecule has 0 unspecified atom stereocenters. The highest BCUT2D eigenvalue weighted by Crippen LogP contribution is 2.30. The van der Waals surface area contributed by atoms with Gasteiger partial charge in [-0.05, 0) is 31.9 Å². The van der Waals surface area contributed by atoms with Gasteiger partial charge in [-0.25, -0.2) is 8.42 Å². The van der Waals surface area contributed by atoms with Crippen LogP contribution in [-0.4, -0.2) is 36.0 Å². The summed E-state index contributed by atoms with van der Waals surface area (Å²) >= 11 is 5.84. The molecular formula is C14H16ClN3O3S. The van der Waals surface area contributed by atoms with E-state index in [9.17, 15) is 8.42 Å². The zero-order valence-electron chi connectivity index (χ0n) is 12.1. The third-order valence-corrected chi connectivity index (χ3v) is 6.16. The second kappa shape index (κ2) is 5.98. The summed E-state index contributed by atoms with van der Waals surface area (Å²) < 4.78 is 31.3. The van der Waals surface area contributed by atoms with Gasteiger partial charge in [-0.1, -0.05) is 16.8 Å². The van der Waals surface area contributed by atoms with Gasteiger partial charge in [-0.15, -0.1) is 0 Å². The first kappa shape index (κ1) is 15.5. The quantitative estimate of drug-likeness (QED) is 0.857. The fourth-order valence-electron chi connectivity index (χ4n) is 2.69. The number of nitrogens with zero attached hydrogens (tertiary/aromatic N) is 3. The summed E-state index contributed by atoms with van der Waals surface area (Å²) in [5.74, 6) is 0.257. The number of piperidine rings is 1. The van der Waals surface area contributed by atoms with E-state index in [4.69, 9.17) is 16.1 Å². The van der Waals surface area contributed by atoms with Crippen LogP contribution in [0.25, 0.3) is 0 Å². The van der Waals surface area contributed by atoms with Crippen LogP contribution in [-0.2, 0) is 10.0 Å². The van der Waals surface area contributed by atoms with Gasteiger partial charge >= 0.3 is 0 Å². The third kappa shape index (κ3) is 2.88. The number of hydrogen-bond donors (Lipinski definition) is 0. The Bertz CT molecular complexity index is 750. The van der Waals surface area contributed by atoms with Crippen LogP contribution in [0, 0.1) is 6.92 Å². The summed E-state index contributed by atoms with van der Waals surface area (Å²) in [6, 6.07) is 3.72. The van der Waals surface area contributed by atoms with E-state index in [1.807, 2.05) is 12.1 Å². The van der Waals surface area contributed by atoms with E-state index in [0.717, 1.165) is 18.5 Å². The maximum atomic E-state index is 12.5. The van der Waals surface area contributed by atoms with Crippen molar-refractivity contribution in [3.8, 4) is 0 Å². The first-order valence-electron chi connectivity index (χ1n) is 7.01. The monoisotopic (exact) mass is 341 g/mol. The lowest BCUT2D eigenvalue weighted by Gasteiger charge is -2.30. The maximum absolute atomic E-state index is 12.5. The van der Waals surface area contributed by atoms with E-state index >= 15 is 0 Å². The van der Waals surface area contributed by atoms with Crippen LogP contribution < -0.4 is 0 Å². The third-order valence-electron chi connectivity index (χ3n) is 3.95. The van der Waals surface area contributed by atoms with Crippen LogP contribution in [0.1, 0.15) is 30.1 Å². The molecule has 1 fully saturated rings. The molecule has 0 aliphatic carbocycles. The van der Waals surface area contributed by atoms with Gasteiger partial charge in [0.05, 0.1) is 5.02 Å². The zero-order chi connectivity index (χ0) is 15.7. The lowest BCUT2D eigenvalue weighted by molar-refractivity contribution is 0.316. The summed E-state index contributed by atoms with van der Waals surface area (Å²) in [5, 5.41) is 4.25. The van der Waals surface area contributed by atoms with Crippen LogP contribution in [0.5, 0.6) is 0 Å². The predicted octanol–water partition coefficient (Wildman–Crippen LogP) is 2.60. The molecule has 2 aromatic rings. The molecule has 2 aromatic heterocycles. The SMILES string of the molecule is Cc1nocc1S(=O)(=O)N1CCC(c2ccc(Cl)cn2)CC1. The van der Waals surface area contributed by atoms with Gasteiger partial charge in [0.15, 0.2) is 0 Å². The second-order valence-electron chi connectivity index (χ2n) is 5.34. The van der Waals surface area contributed by atoms with Crippen LogP contribution in [0.2, 0.25) is 5.02 Å². The van der Waals surface area contributed by atoms with E-state index in [1.54, 1.807) is 13.1 Å². The maximum Gasteiger partial charge on any atom is 0.248 e. The van der Waals surface area contributed by atoms with Gasteiger partial charge in [-0.3, -0.25) is 4.98 Å². The summed E-state index contributed by atoms with van der Waals surface area (Å²) in [6.07, 6.45) is 4.29. The minimum absolute atomic E-state index is 0.149. The van der Waals surface area contributed by atoms with E-state index < -0.39 is 10.0 Å². The molecule has 1 aliphatic rings. The van der Waals surface area contributed by atoms with E-state index in [0.29, 0.717) is 23.8 Å². The molecule has 0 aromatic carbocycles. The topological polar surface area (TPSA) is 76.3 Å².